The molecule has 5 nitrogen and oxygen atoms in total. The first-order valence-corrected chi connectivity index (χ1v) is 6.72. The van der Waals surface area contributed by atoms with E-state index in [-0.39, 0.29) is 11.7 Å². The Morgan fingerprint density at radius 3 is 3.05 bits per heavy atom. The molecule has 1 aliphatic rings. The van der Waals surface area contributed by atoms with Gasteiger partial charge < -0.3 is 10.4 Å². The van der Waals surface area contributed by atoms with Crippen LogP contribution in [0.1, 0.15) is 37.9 Å². The molecule has 0 spiro atoms. The number of piperidine rings is 1. The van der Waals surface area contributed by atoms with E-state index in [9.17, 15) is 15.2 Å². The van der Waals surface area contributed by atoms with Crippen LogP contribution in [0.15, 0.2) is 24.3 Å². The molecule has 0 radical (unpaired) electrons. The largest absolute Gasteiger partial charge is 0.388 e. The molecule has 19 heavy (non-hydrogen) atoms. The van der Waals surface area contributed by atoms with Crippen molar-refractivity contribution in [1.29, 1.82) is 0 Å². The molecule has 3 unspecified atom stereocenters. The highest BCUT2D eigenvalue weighted by Crippen LogP contribution is 2.26. The number of hydrogen-bond acceptors (Lipinski definition) is 4. The molecule has 2 N–H and O–H groups in total. The number of nitrogens with zero attached hydrogens (tertiary/aromatic N) is 1. The van der Waals surface area contributed by atoms with Gasteiger partial charge in [0.05, 0.1) is 11.0 Å². The van der Waals surface area contributed by atoms with E-state index in [4.69, 9.17) is 0 Å². The van der Waals surface area contributed by atoms with Crippen LogP contribution in [0.25, 0.3) is 0 Å². The van der Waals surface area contributed by atoms with Gasteiger partial charge in [-0.3, -0.25) is 10.1 Å². The van der Waals surface area contributed by atoms with Crippen molar-refractivity contribution in [3.05, 3.63) is 39.9 Å². The first-order valence-electron chi connectivity index (χ1n) is 6.72. The zero-order chi connectivity index (χ0) is 13.8. The summed E-state index contributed by atoms with van der Waals surface area (Å²) in [6, 6.07) is 6.55. The van der Waals surface area contributed by atoms with Gasteiger partial charge in [0.2, 0.25) is 0 Å². The summed E-state index contributed by atoms with van der Waals surface area (Å²) in [7, 11) is 0. The topological polar surface area (TPSA) is 75.4 Å². The Balaban J connectivity index is 2.01. The lowest BCUT2D eigenvalue weighted by Crippen LogP contribution is -2.38. The van der Waals surface area contributed by atoms with Gasteiger partial charge in [-0.25, -0.2) is 0 Å². The summed E-state index contributed by atoms with van der Waals surface area (Å²) in [5.41, 5.74) is 0.649. The minimum Gasteiger partial charge on any atom is -0.388 e. The molecule has 0 aliphatic carbocycles. The molecule has 1 saturated heterocycles. The number of non-ortho nitro benzene ring substituents is 1. The van der Waals surface area contributed by atoms with Gasteiger partial charge in [0.15, 0.2) is 0 Å². The summed E-state index contributed by atoms with van der Waals surface area (Å²) in [4.78, 5) is 10.3. The number of hydrogen-bond donors (Lipinski definition) is 2. The van der Waals surface area contributed by atoms with Gasteiger partial charge >= 0.3 is 0 Å². The Bertz CT molecular complexity index is 450. The van der Waals surface area contributed by atoms with Crippen molar-refractivity contribution in [3.63, 3.8) is 0 Å². The first-order chi connectivity index (χ1) is 9.06. The second kappa shape index (κ2) is 6.12. The van der Waals surface area contributed by atoms with Crippen LogP contribution in [0.5, 0.6) is 0 Å². The maximum Gasteiger partial charge on any atom is 0.269 e. The van der Waals surface area contributed by atoms with E-state index in [1.165, 1.54) is 18.6 Å². The van der Waals surface area contributed by atoms with Gasteiger partial charge in [-0.15, -0.1) is 0 Å². The van der Waals surface area contributed by atoms with Crippen LogP contribution in [0.3, 0.4) is 0 Å². The van der Waals surface area contributed by atoms with Gasteiger partial charge in [-0.2, -0.15) is 0 Å². The second-order valence-corrected chi connectivity index (χ2v) is 5.38. The summed E-state index contributed by atoms with van der Waals surface area (Å²) in [5.74, 6) is 0.670. The van der Waals surface area contributed by atoms with E-state index in [2.05, 4.69) is 12.2 Å². The molecule has 1 aromatic rings. The maximum atomic E-state index is 10.7. The van der Waals surface area contributed by atoms with Crippen LogP contribution >= 0.6 is 0 Å². The van der Waals surface area contributed by atoms with Crippen LogP contribution < -0.4 is 5.32 Å². The van der Waals surface area contributed by atoms with Crippen LogP contribution in [-0.2, 0) is 0 Å². The number of aliphatic hydroxyl groups is 1. The predicted octanol–water partition coefficient (Wildman–Crippen LogP) is 2.41. The molecule has 0 saturated carbocycles. The third-order valence-electron chi connectivity index (χ3n) is 3.73. The molecule has 104 valence electrons. The molecule has 5 heteroatoms. The fourth-order valence-corrected chi connectivity index (χ4v) is 2.65. The smallest absolute Gasteiger partial charge is 0.269 e. The summed E-state index contributed by atoms with van der Waals surface area (Å²) < 4.78 is 0. The average Bonchev–Trinajstić information content (AvgIpc) is 2.39. The van der Waals surface area contributed by atoms with Crippen molar-refractivity contribution in [1.82, 2.24) is 5.32 Å². The third-order valence-corrected chi connectivity index (χ3v) is 3.73. The van der Waals surface area contributed by atoms with Crippen molar-refractivity contribution < 1.29 is 10.0 Å². The summed E-state index contributed by atoms with van der Waals surface area (Å²) >= 11 is 0. The molecule has 0 aromatic heterocycles. The minimum absolute atomic E-state index is 0.0292. The van der Waals surface area contributed by atoms with Gasteiger partial charge in [-0.05, 0) is 37.3 Å². The molecular weight excluding hydrogens is 244 g/mol. The fraction of sp³-hybridized carbons (Fsp3) is 0.571. The normalized spacial score (nSPS) is 24.9. The van der Waals surface area contributed by atoms with Crippen molar-refractivity contribution in [2.75, 3.05) is 6.54 Å². The fourth-order valence-electron chi connectivity index (χ4n) is 2.65. The average molecular weight is 264 g/mol. The number of nitrogens with one attached hydrogen (secondary N) is 1. The van der Waals surface area contributed by atoms with E-state index in [0.717, 1.165) is 13.0 Å². The van der Waals surface area contributed by atoms with E-state index < -0.39 is 11.0 Å². The quantitative estimate of drug-likeness (QED) is 0.647. The summed E-state index contributed by atoms with van der Waals surface area (Å²) in [6.07, 6.45) is 2.17. The maximum absolute atomic E-state index is 10.7. The monoisotopic (exact) mass is 264 g/mol. The van der Waals surface area contributed by atoms with E-state index in [0.29, 0.717) is 17.9 Å². The highest BCUT2D eigenvalue weighted by Gasteiger charge is 2.22. The van der Waals surface area contributed by atoms with Crippen LogP contribution in [-0.4, -0.2) is 22.6 Å². The first kappa shape index (κ1) is 14.0. The molecular formula is C14H20N2O3. The van der Waals surface area contributed by atoms with Gasteiger partial charge in [0, 0.05) is 18.2 Å². The van der Waals surface area contributed by atoms with Crippen molar-refractivity contribution in [2.45, 2.75) is 38.3 Å². The number of nitro benzene ring substituents is 1. The standard InChI is InChI=1S/C14H20N2O3/c1-10-5-6-15-12(7-10)9-14(17)11-3-2-4-13(8-11)16(18)19/h2-4,8,10,12,14-15,17H,5-7,9H2,1H3. The molecule has 0 bridgehead atoms. The Kier molecular flexibility index (Phi) is 4.50. The number of rotatable bonds is 4. The highest BCUT2D eigenvalue weighted by atomic mass is 16.6. The minimum atomic E-state index is -0.650. The van der Waals surface area contributed by atoms with Crippen LogP contribution in [0.2, 0.25) is 0 Å². The predicted molar refractivity (Wildman–Crippen MR) is 72.9 cm³/mol. The lowest BCUT2D eigenvalue weighted by molar-refractivity contribution is -0.385. The van der Waals surface area contributed by atoms with Crippen molar-refractivity contribution >= 4 is 5.69 Å². The number of benzene rings is 1. The summed E-state index contributed by atoms with van der Waals surface area (Å²) in [6.45, 7) is 3.20. The van der Waals surface area contributed by atoms with Crippen LogP contribution in [0.4, 0.5) is 5.69 Å². The Morgan fingerprint density at radius 1 is 1.58 bits per heavy atom. The van der Waals surface area contributed by atoms with Crippen molar-refractivity contribution in [3.8, 4) is 0 Å². The van der Waals surface area contributed by atoms with E-state index in [1.807, 2.05) is 0 Å². The zero-order valence-electron chi connectivity index (χ0n) is 11.1. The SMILES string of the molecule is CC1CCNC(CC(O)c2cccc([N+](=O)[O-])c2)C1. The van der Waals surface area contributed by atoms with Gasteiger partial charge in [0.25, 0.3) is 5.69 Å². The molecule has 1 aromatic carbocycles. The van der Waals surface area contributed by atoms with E-state index >= 15 is 0 Å². The molecule has 3 atom stereocenters. The zero-order valence-corrected chi connectivity index (χ0v) is 11.1. The molecule has 2 rings (SSSR count). The lowest BCUT2D eigenvalue weighted by Gasteiger charge is -2.29. The molecule has 1 aliphatic heterocycles. The number of aliphatic hydroxyl groups excluding tert-OH is 1. The lowest BCUT2D eigenvalue weighted by atomic mass is 9.90. The highest BCUT2D eigenvalue weighted by molar-refractivity contribution is 5.35. The Hall–Kier alpha value is -1.46. The third kappa shape index (κ3) is 3.75. The Morgan fingerprint density at radius 2 is 2.37 bits per heavy atom. The van der Waals surface area contributed by atoms with E-state index in [1.54, 1.807) is 12.1 Å². The van der Waals surface area contributed by atoms with Crippen molar-refractivity contribution in [2.24, 2.45) is 5.92 Å². The van der Waals surface area contributed by atoms with Crippen LogP contribution in [0, 0.1) is 16.0 Å². The second-order valence-electron chi connectivity index (χ2n) is 5.38. The summed E-state index contributed by atoms with van der Waals surface area (Å²) in [5, 5.41) is 24.3. The molecule has 0 amide bonds. The molecule has 1 fully saturated rings. The van der Waals surface area contributed by atoms with Gasteiger partial charge in [0.1, 0.15) is 0 Å². The van der Waals surface area contributed by atoms with Gasteiger partial charge in [-0.1, -0.05) is 19.1 Å². The Labute approximate surface area is 112 Å². The number of nitro groups is 1. The molecule has 1 heterocycles.